The summed E-state index contributed by atoms with van der Waals surface area (Å²) in [6.45, 7) is 1.98. The number of fused-ring (bicyclic) bond motifs is 2. The van der Waals surface area contributed by atoms with Crippen molar-refractivity contribution in [2.75, 3.05) is 16.0 Å². The molecule has 0 unspecified atom stereocenters. The smallest absolute Gasteiger partial charge is 0.257 e. The van der Waals surface area contributed by atoms with Gasteiger partial charge in [-0.05, 0) is 48.9 Å². The number of pyridine rings is 1. The molecule has 0 aliphatic rings. The van der Waals surface area contributed by atoms with Gasteiger partial charge in [-0.25, -0.2) is 4.98 Å². The van der Waals surface area contributed by atoms with Gasteiger partial charge in [-0.2, -0.15) is 5.10 Å². The van der Waals surface area contributed by atoms with Crippen molar-refractivity contribution in [3.05, 3.63) is 107 Å². The van der Waals surface area contributed by atoms with Crippen molar-refractivity contribution in [3.8, 4) is 0 Å². The van der Waals surface area contributed by atoms with Crippen LogP contribution < -0.4 is 16.0 Å². The van der Waals surface area contributed by atoms with Crippen LogP contribution in [0.1, 0.15) is 26.3 Å². The highest BCUT2D eigenvalue weighted by molar-refractivity contribution is 7.17. The lowest BCUT2D eigenvalue weighted by Crippen LogP contribution is -2.16. The van der Waals surface area contributed by atoms with E-state index in [2.05, 4.69) is 26.0 Å². The summed E-state index contributed by atoms with van der Waals surface area (Å²) in [5.41, 5.74) is 4.53. The number of thiophene rings is 1. The molecule has 0 saturated heterocycles. The number of anilines is 4. The lowest BCUT2D eigenvalue weighted by molar-refractivity contribution is 0.101. The summed E-state index contributed by atoms with van der Waals surface area (Å²) in [5, 5.41) is 17.3. The van der Waals surface area contributed by atoms with Crippen molar-refractivity contribution in [1.82, 2.24) is 14.8 Å². The Bertz CT molecular complexity index is 1870. The molecule has 6 aromatic rings. The molecule has 0 atom stereocenters. The van der Waals surface area contributed by atoms with Crippen molar-refractivity contribution in [1.29, 1.82) is 0 Å². The van der Waals surface area contributed by atoms with Crippen LogP contribution in [0.3, 0.4) is 0 Å². The minimum absolute atomic E-state index is 0.278. The molecule has 2 amide bonds. The zero-order valence-electron chi connectivity index (χ0n) is 21.2. The van der Waals surface area contributed by atoms with E-state index in [1.807, 2.05) is 92.3 Å². The quantitative estimate of drug-likeness (QED) is 0.221. The molecule has 6 rings (SSSR count). The van der Waals surface area contributed by atoms with Crippen LogP contribution in [0.2, 0.25) is 0 Å². The monoisotopic (exact) mass is 532 g/mol. The fourth-order valence-corrected chi connectivity index (χ4v) is 5.33. The number of hydrogen-bond acceptors (Lipinski definition) is 6. The van der Waals surface area contributed by atoms with Gasteiger partial charge in [0.15, 0.2) is 5.82 Å². The Balaban J connectivity index is 1.32. The van der Waals surface area contributed by atoms with Crippen molar-refractivity contribution in [3.63, 3.8) is 0 Å². The zero-order chi connectivity index (χ0) is 26.9. The van der Waals surface area contributed by atoms with E-state index in [1.165, 1.54) is 17.5 Å². The van der Waals surface area contributed by atoms with Crippen LogP contribution in [0.4, 0.5) is 22.9 Å². The van der Waals surface area contributed by atoms with Crippen LogP contribution in [0.15, 0.2) is 90.6 Å². The Kier molecular flexibility index (Phi) is 6.26. The third kappa shape index (κ3) is 4.95. The summed E-state index contributed by atoms with van der Waals surface area (Å²) in [5.74, 6) is -0.194. The summed E-state index contributed by atoms with van der Waals surface area (Å²) >= 11 is 1.51. The lowest BCUT2D eigenvalue weighted by atomic mass is 10.1. The Morgan fingerprint density at radius 1 is 0.897 bits per heavy atom. The molecule has 8 nitrogen and oxygen atoms in total. The Morgan fingerprint density at radius 3 is 2.59 bits per heavy atom. The lowest BCUT2D eigenvalue weighted by Gasteiger charge is -2.15. The molecule has 3 N–H and O–H groups in total. The molecule has 0 aliphatic carbocycles. The first-order chi connectivity index (χ1) is 18.9. The van der Waals surface area contributed by atoms with Gasteiger partial charge in [0.2, 0.25) is 0 Å². The standard InChI is InChI=1S/C30H24N6O2S/c1-18-7-3-5-9-24(18)33-28-26(34-30(38)23-17-39-27-10-6-4-8-22(23)27)13-20(15-31-28)29(37)32-21-12-11-19-16-36(2)35-25(19)14-21/h3-17H,1-2H3,(H,31,33)(H,32,37)(H,34,38). The summed E-state index contributed by atoms with van der Waals surface area (Å²) in [7, 11) is 1.85. The van der Waals surface area contributed by atoms with Gasteiger partial charge in [0.05, 0.1) is 22.3 Å². The highest BCUT2D eigenvalue weighted by Crippen LogP contribution is 2.30. The number of hydrogen-bond donors (Lipinski definition) is 3. The molecule has 3 aromatic carbocycles. The first kappa shape index (κ1) is 24.3. The topological polar surface area (TPSA) is 101 Å². The molecule has 0 spiro atoms. The maximum Gasteiger partial charge on any atom is 0.257 e. The predicted molar refractivity (Wildman–Crippen MR) is 157 cm³/mol. The molecule has 0 radical (unpaired) electrons. The van der Waals surface area contributed by atoms with Gasteiger partial charge in [-0.3, -0.25) is 14.3 Å². The van der Waals surface area contributed by atoms with Crippen LogP contribution in [-0.4, -0.2) is 26.6 Å². The number of aromatic nitrogens is 3. The number of nitrogens with zero attached hydrogens (tertiary/aromatic N) is 3. The first-order valence-electron chi connectivity index (χ1n) is 12.3. The highest BCUT2D eigenvalue weighted by atomic mass is 32.1. The number of aryl methyl sites for hydroxylation is 2. The SMILES string of the molecule is Cc1ccccc1Nc1ncc(C(=O)Nc2ccc3cn(C)nc3c2)cc1NC(=O)c1csc2ccccc12. The molecule has 3 heterocycles. The molecule has 0 fully saturated rings. The fraction of sp³-hybridized carbons (Fsp3) is 0.0667. The van der Waals surface area contributed by atoms with Crippen molar-refractivity contribution < 1.29 is 9.59 Å². The summed E-state index contributed by atoms with van der Waals surface area (Å²) in [6, 6.07) is 22.7. The van der Waals surface area contributed by atoms with Gasteiger partial charge >= 0.3 is 0 Å². The zero-order valence-corrected chi connectivity index (χ0v) is 22.0. The van der Waals surface area contributed by atoms with Crippen LogP contribution in [-0.2, 0) is 7.05 Å². The van der Waals surface area contributed by atoms with E-state index >= 15 is 0 Å². The fourth-order valence-electron chi connectivity index (χ4n) is 4.39. The van der Waals surface area contributed by atoms with Gasteiger partial charge < -0.3 is 16.0 Å². The number of nitrogens with one attached hydrogen (secondary N) is 3. The average molecular weight is 533 g/mol. The Labute approximate surface area is 228 Å². The summed E-state index contributed by atoms with van der Waals surface area (Å²) < 4.78 is 2.75. The Morgan fingerprint density at radius 2 is 1.72 bits per heavy atom. The van der Waals surface area contributed by atoms with Crippen molar-refractivity contribution in [2.24, 2.45) is 7.05 Å². The second-order valence-electron chi connectivity index (χ2n) is 9.19. The van der Waals surface area contributed by atoms with Crippen LogP contribution in [0.25, 0.3) is 21.0 Å². The number of para-hydroxylation sites is 1. The number of carbonyl (C=O) groups is 2. The van der Waals surface area contributed by atoms with E-state index in [0.717, 1.165) is 32.2 Å². The van der Waals surface area contributed by atoms with E-state index in [1.54, 1.807) is 10.7 Å². The van der Waals surface area contributed by atoms with E-state index in [4.69, 9.17) is 0 Å². The maximum atomic E-state index is 13.4. The van der Waals surface area contributed by atoms with Gasteiger partial charge in [0, 0.05) is 51.7 Å². The van der Waals surface area contributed by atoms with Gasteiger partial charge in [-0.1, -0.05) is 36.4 Å². The van der Waals surface area contributed by atoms with Crippen molar-refractivity contribution >= 4 is 67.0 Å². The summed E-state index contributed by atoms with van der Waals surface area (Å²) in [4.78, 5) is 31.1. The maximum absolute atomic E-state index is 13.4. The van der Waals surface area contributed by atoms with Gasteiger partial charge in [0.25, 0.3) is 11.8 Å². The van der Waals surface area contributed by atoms with E-state index in [0.29, 0.717) is 28.3 Å². The van der Waals surface area contributed by atoms with E-state index < -0.39 is 0 Å². The molecule has 192 valence electrons. The number of benzene rings is 3. The van der Waals surface area contributed by atoms with E-state index in [-0.39, 0.29) is 11.8 Å². The predicted octanol–water partition coefficient (Wildman–Crippen LogP) is 6.74. The molecule has 3 aromatic heterocycles. The van der Waals surface area contributed by atoms with Crippen molar-refractivity contribution in [2.45, 2.75) is 6.92 Å². The average Bonchev–Trinajstić information content (AvgIpc) is 3.53. The minimum Gasteiger partial charge on any atom is -0.338 e. The molecule has 0 bridgehead atoms. The number of amides is 2. The molecule has 0 saturated carbocycles. The highest BCUT2D eigenvalue weighted by Gasteiger charge is 2.18. The number of rotatable bonds is 6. The summed E-state index contributed by atoms with van der Waals surface area (Å²) in [6.07, 6.45) is 3.40. The molecular weight excluding hydrogens is 508 g/mol. The normalized spacial score (nSPS) is 11.0. The van der Waals surface area contributed by atoms with Crippen LogP contribution in [0, 0.1) is 6.92 Å². The van der Waals surface area contributed by atoms with Crippen LogP contribution in [0.5, 0.6) is 0 Å². The number of carbonyl (C=O) groups excluding carboxylic acids is 2. The molecule has 39 heavy (non-hydrogen) atoms. The molecular formula is C30H24N6O2S. The van der Waals surface area contributed by atoms with Gasteiger partial charge in [0.1, 0.15) is 0 Å². The molecule has 0 aliphatic heterocycles. The first-order valence-corrected chi connectivity index (χ1v) is 13.2. The van der Waals surface area contributed by atoms with Crippen LogP contribution >= 0.6 is 11.3 Å². The third-order valence-electron chi connectivity index (χ3n) is 6.40. The largest absolute Gasteiger partial charge is 0.338 e. The second kappa shape index (κ2) is 10.0. The third-order valence-corrected chi connectivity index (χ3v) is 7.37. The van der Waals surface area contributed by atoms with E-state index in [9.17, 15) is 9.59 Å². The second-order valence-corrected chi connectivity index (χ2v) is 10.1. The minimum atomic E-state index is -0.350. The Hall–Kier alpha value is -5.02. The van der Waals surface area contributed by atoms with Gasteiger partial charge in [-0.15, -0.1) is 11.3 Å². The molecule has 9 heteroatoms.